The molecule has 7 heterocycles. The van der Waals surface area contributed by atoms with Gasteiger partial charge in [0.25, 0.3) is 5.56 Å². The summed E-state index contributed by atoms with van der Waals surface area (Å²) in [5.74, 6) is -0.187. The van der Waals surface area contributed by atoms with Crippen molar-refractivity contribution >= 4 is 50.2 Å². The van der Waals surface area contributed by atoms with Gasteiger partial charge in [0.1, 0.15) is 48.0 Å². The zero-order chi connectivity index (χ0) is 32.5. The second-order valence-corrected chi connectivity index (χ2v) is 12.7. The van der Waals surface area contributed by atoms with Gasteiger partial charge in [-0.1, -0.05) is 0 Å². The van der Waals surface area contributed by atoms with Gasteiger partial charge >= 0.3 is 16.1 Å². The number of nitrogen functional groups attached to an aromatic ring is 2. The quantitative estimate of drug-likeness (QED) is 0.0834. The standard InChI is InChI=1S/C21H26N10O13P2/c22-14-8-15(25-4-24-14)30(5-26-8)18-10(33)11(43-45(35)36)7(41-18)1-40-46(37,38)44-12-13-21(2-32,3-39-13)42-19(12)31-6-27-9-16(31)28-20(23)29-17(9)34/h4-7,10-13,18-19,32-33,45H,1-3H2,(H,35,36)(H,37,38)(H2,22,24,25)(H3,23,28,29,34)/t7-,10+,11+,12+,13?,18-,19-,21+/m1/s1. The number of phosphoric ester groups is 1. The second-order valence-electron chi connectivity index (χ2n) is 10.6. The fourth-order valence-corrected chi connectivity index (χ4v) is 7.14. The van der Waals surface area contributed by atoms with E-state index in [-0.39, 0.29) is 40.7 Å². The topological polar surface area (TPSA) is 330 Å². The fraction of sp³-hybridized carbons (Fsp3) is 0.524. The Bertz CT molecular complexity index is 1940. The number of nitrogens with one attached hydrogen (secondary N) is 1. The molecule has 46 heavy (non-hydrogen) atoms. The largest absolute Gasteiger partial charge is 0.472 e. The van der Waals surface area contributed by atoms with Gasteiger partial charge in [0.05, 0.1) is 32.5 Å². The molecule has 23 nitrogen and oxygen atoms in total. The molecule has 0 amide bonds. The van der Waals surface area contributed by atoms with Crippen LogP contribution in [0, 0.1) is 0 Å². The maximum Gasteiger partial charge on any atom is 0.472 e. The molecule has 3 fully saturated rings. The van der Waals surface area contributed by atoms with E-state index in [1.807, 2.05) is 0 Å². The smallest absolute Gasteiger partial charge is 0.393 e. The van der Waals surface area contributed by atoms with Crippen molar-refractivity contribution in [1.82, 2.24) is 39.0 Å². The molecule has 3 saturated heterocycles. The average molecular weight is 688 g/mol. The lowest BCUT2D eigenvalue weighted by Crippen LogP contribution is -2.61. The minimum atomic E-state index is -5.08. The molecule has 25 heteroatoms. The molecule has 10 atom stereocenters. The van der Waals surface area contributed by atoms with Crippen molar-refractivity contribution in [2.75, 3.05) is 31.3 Å². The highest BCUT2D eigenvalue weighted by molar-refractivity contribution is 7.47. The summed E-state index contributed by atoms with van der Waals surface area (Å²) in [4.78, 5) is 55.0. The number of nitrogens with zero attached hydrogens (tertiary/aromatic N) is 7. The Balaban J connectivity index is 1.13. The van der Waals surface area contributed by atoms with Crippen LogP contribution in [0.25, 0.3) is 22.3 Å². The monoisotopic (exact) mass is 688 g/mol. The Labute approximate surface area is 255 Å². The molecule has 4 aromatic heterocycles. The van der Waals surface area contributed by atoms with Crippen LogP contribution < -0.4 is 17.0 Å². The van der Waals surface area contributed by atoms with Gasteiger partial charge in [-0.05, 0) is 0 Å². The molecule has 3 aliphatic rings. The highest BCUT2D eigenvalue weighted by Crippen LogP contribution is 2.55. The second kappa shape index (κ2) is 11.4. The molecule has 3 aliphatic heterocycles. The summed E-state index contributed by atoms with van der Waals surface area (Å²) in [5, 5.41) is 21.1. The van der Waals surface area contributed by atoms with E-state index in [9.17, 15) is 33.9 Å². The van der Waals surface area contributed by atoms with Crippen molar-refractivity contribution in [2.24, 2.45) is 0 Å². The van der Waals surface area contributed by atoms with Crippen LogP contribution in [-0.4, -0.2) is 115 Å². The third-order valence-corrected chi connectivity index (χ3v) is 9.28. The number of aromatic amines is 1. The number of imidazole rings is 2. The van der Waals surface area contributed by atoms with Gasteiger partial charge in [-0.15, -0.1) is 0 Å². The Morgan fingerprint density at radius 3 is 2.57 bits per heavy atom. The predicted molar refractivity (Wildman–Crippen MR) is 149 cm³/mol. The van der Waals surface area contributed by atoms with E-state index >= 15 is 0 Å². The SMILES string of the molecule is Nc1nc2c(ncn2[C@@H]2O[C@@]3(CO)COC3[C@@H]2OP(=O)(O)OC[C@H]2O[C@@H](n3cnc4c(N)ncnc43)[C@@H](O)[C@H]2O[PH](=O)O)c(=O)[nH]1. The van der Waals surface area contributed by atoms with E-state index in [0.717, 1.165) is 6.33 Å². The van der Waals surface area contributed by atoms with Crippen LogP contribution in [0.3, 0.4) is 0 Å². The lowest BCUT2D eigenvalue weighted by Gasteiger charge is -2.42. The first-order valence-electron chi connectivity index (χ1n) is 13.4. The predicted octanol–water partition coefficient (Wildman–Crippen LogP) is -2.69. The zero-order valence-corrected chi connectivity index (χ0v) is 25.0. The van der Waals surface area contributed by atoms with Crippen LogP contribution in [0.1, 0.15) is 12.5 Å². The van der Waals surface area contributed by atoms with E-state index in [1.165, 1.54) is 21.8 Å². The molecule has 0 aromatic carbocycles. The number of hydrogen-bond acceptors (Lipinski definition) is 18. The Hall–Kier alpha value is -3.44. The fourth-order valence-electron chi connectivity index (χ4n) is 5.70. The molecular formula is C21H26N10O13P2. The number of aromatic nitrogens is 8. The summed E-state index contributed by atoms with van der Waals surface area (Å²) >= 11 is 0. The van der Waals surface area contributed by atoms with Gasteiger partial charge in [0.15, 0.2) is 35.1 Å². The first-order valence-corrected chi connectivity index (χ1v) is 16.1. The molecule has 4 aromatic rings. The molecule has 3 unspecified atom stereocenters. The third kappa shape index (κ3) is 5.10. The number of aliphatic hydroxyl groups excluding tert-OH is 2. The van der Waals surface area contributed by atoms with Crippen molar-refractivity contribution in [1.29, 1.82) is 0 Å². The molecule has 9 N–H and O–H groups in total. The van der Waals surface area contributed by atoms with Gasteiger partial charge in [0, 0.05) is 0 Å². The normalized spacial score (nSPS) is 32.8. The Morgan fingerprint density at radius 1 is 1.13 bits per heavy atom. The van der Waals surface area contributed by atoms with Crippen LogP contribution in [0.4, 0.5) is 11.8 Å². The molecule has 248 valence electrons. The van der Waals surface area contributed by atoms with E-state index in [4.69, 9.17) is 39.2 Å². The number of phosphoric acid groups is 1. The molecule has 0 aliphatic carbocycles. The van der Waals surface area contributed by atoms with Gasteiger partial charge in [-0.25, -0.2) is 24.5 Å². The van der Waals surface area contributed by atoms with E-state index in [1.54, 1.807) is 0 Å². The van der Waals surface area contributed by atoms with Crippen molar-refractivity contribution < 1.29 is 56.9 Å². The number of rotatable bonds is 10. The molecular weight excluding hydrogens is 662 g/mol. The van der Waals surface area contributed by atoms with Crippen molar-refractivity contribution in [3.8, 4) is 0 Å². The number of aliphatic hydroxyl groups is 2. The van der Waals surface area contributed by atoms with Crippen LogP contribution in [0.5, 0.6) is 0 Å². The minimum absolute atomic E-state index is 0.0411. The number of fused-ring (bicyclic) bond motifs is 3. The third-order valence-electron chi connectivity index (χ3n) is 7.82. The molecule has 0 spiro atoms. The summed E-state index contributed by atoms with van der Waals surface area (Å²) in [7, 11) is -8.73. The van der Waals surface area contributed by atoms with Crippen LogP contribution in [-0.2, 0) is 36.9 Å². The van der Waals surface area contributed by atoms with Crippen LogP contribution in [0.2, 0.25) is 0 Å². The number of H-pyrrole nitrogens is 1. The van der Waals surface area contributed by atoms with Gasteiger partial charge in [-0.3, -0.25) is 32.5 Å². The lowest BCUT2D eigenvalue weighted by atomic mass is 9.91. The van der Waals surface area contributed by atoms with Crippen molar-refractivity contribution in [2.45, 2.75) is 48.6 Å². The van der Waals surface area contributed by atoms with Gasteiger partial charge < -0.3 is 50.2 Å². The summed E-state index contributed by atoms with van der Waals surface area (Å²) in [6, 6.07) is 0. The Morgan fingerprint density at radius 2 is 1.87 bits per heavy atom. The maximum absolute atomic E-state index is 13.3. The van der Waals surface area contributed by atoms with Gasteiger partial charge in [0.2, 0.25) is 5.95 Å². The number of nitrogens with two attached hydrogens (primary N) is 2. The van der Waals surface area contributed by atoms with E-state index in [2.05, 4.69) is 29.9 Å². The lowest BCUT2D eigenvalue weighted by molar-refractivity contribution is -0.245. The number of hydrogen-bond donors (Lipinski definition) is 7. The number of ether oxygens (including phenoxy) is 3. The highest BCUT2D eigenvalue weighted by atomic mass is 31.2. The summed E-state index contributed by atoms with van der Waals surface area (Å²) in [5.41, 5.74) is 9.74. The first kappa shape index (κ1) is 31.2. The molecule has 7 rings (SSSR count). The highest BCUT2D eigenvalue weighted by Gasteiger charge is 2.65. The zero-order valence-electron chi connectivity index (χ0n) is 23.1. The van der Waals surface area contributed by atoms with Crippen molar-refractivity contribution in [3.63, 3.8) is 0 Å². The first-order chi connectivity index (χ1) is 21.9. The van der Waals surface area contributed by atoms with Crippen LogP contribution in [0.15, 0.2) is 23.8 Å². The molecule has 0 saturated carbocycles. The van der Waals surface area contributed by atoms with E-state index < -0.39 is 83.4 Å². The summed E-state index contributed by atoms with van der Waals surface area (Å²) in [6.45, 7) is -1.43. The van der Waals surface area contributed by atoms with Crippen molar-refractivity contribution in [3.05, 3.63) is 29.3 Å². The Kier molecular flexibility index (Phi) is 7.70. The van der Waals surface area contributed by atoms with Crippen LogP contribution >= 0.6 is 16.1 Å². The van der Waals surface area contributed by atoms with E-state index in [0.29, 0.717) is 0 Å². The summed E-state index contributed by atoms with van der Waals surface area (Å²) < 4.78 is 60.6. The number of anilines is 2. The average Bonchev–Trinajstić information content (AvgIpc) is 3.72. The molecule has 0 bridgehead atoms. The maximum atomic E-state index is 13.3. The molecule has 0 radical (unpaired) electrons. The van der Waals surface area contributed by atoms with Gasteiger partial charge in [-0.2, -0.15) is 4.98 Å². The minimum Gasteiger partial charge on any atom is -0.393 e. The summed E-state index contributed by atoms with van der Waals surface area (Å²) in [6.07, 6.45) is -6.07.